The van der Waals surface area contributed by atoms with Crippen molar-refractivity contribution in [2.45, 2.75) is 26.4 Å². The molecule has 0 saturated heterocycles. The lowest BCUT2D eigenvalue weighted by Gasteiger charge is -2.19. The number of H-pyrrole nitrogens is 1. The zero-order chi connectivity index (χ0) is 12.6. The largest absolute Gasteiger partial charge is 0.443 e. The zero-order valence-corrected chi connectivity index (χ0v) is 9.98. The van der Waals surface area contributed by atoms with Crippen LogP contribution in [0.3, 0.4) is 0 Å². The molecule has 0 aliphatic rings. The maximum Gasteiger partial charge on any atom is 0.419 e. The molecule has 2 aromatic rings. The van der Waals surface area contributed by atoms with Crippen molar-refractivity contribution in [2.75, 3.05) is 0 Å². The summed E-state index contributed by atoms with van der Waals surface area (Å²) in [5.41, 5.74) is 0.497. The van der Waals surface area contributed by atoms with Crippen LogP contribution in [0.1, 0.15) is 20.8 Å². The minimum absolute atomic E-state index is 0.195. The number of nitrogens with one attached hydrogen (secondary N) is 1. The van der Waals surface area contributed by atoms with Gasteiger partial charge in [0.2, 0.25) is 5.56 Å². The van der Waals surface area contributed by atoms with Crippen LogP contribution in [-0.4, -0.2) is 21.2 Å². The first kappa shape index (κ1) is 11.4. The smallest absolute Gasteiger partial charge is 0.419 e. The van der Waals surface area contributed by atoms with E-state index >= 15 is 0 Å². The van der Waals surface area contributed by atoms with E-state index in [9.17, 15) is 9.59 Å². The van der Waals surface area contributed by atoms with E-state index in [1.54, 1.807) is 39.1 Å². The topological polar surface area (TPSA) is 64.1 Å². The lowest BCUT2D eigenvalue weighted by atomic mass is 10.2. The van der Waals surface area contributed by atoms with Crippen molar-refractivity contribution in [1.29, 1.82) is 0 Å². The van der Waals surface area contributed by atoms with Crippen molar-refractivity contribution < 1.29 is 9.53 Å². The highest BCUT2D eigenvalue weighted by Gasteiger charge is 2.18. The molecular formula is C12H14N2O3. The van der Waals surface area contributed by atoms with E-state index in [1.807, 2.05) is 0 Å². The fraction of sp³-hybridized carbons (Fsp3) is 0.333. The molecular weight excluding hydrogens is 220 g/mol. The molecule has 2 rings (SSSR count). The summed E-state index contributed by atoms with van der Waals surface area (Å²) in [5, 5.41) is 0. The van der Waals surface area contributed by atoms with E-state index in [0.29, 0.717) is 11.0 Å². The summed E-state index contributed by atoms with van der Waals surface area (Å²) in [7, 11) is 0. The summed E-state index contributed by atoms with van der Waals surface area (Å²) >= 11 is 0. The standard InChI is InChI=1S/C12H14N2O3/c1-12(2,3)17-11(16)14-7-6-8-9(14)4-5-10(15)13-8/h4-7H,1-3H3,(H,13,15). The molecule has 2 heterocycles. The highest BCUT2D eigenvalue weighted by molar-refractivity contribution is 5.87. The van der Waals surface area contributed by atoms with Gasteiger partial charge in [-0.2, -0.15) is 0 Å². The van der Waals surface area contributed by atoms with Crippen LogP contribution in [0.2, 0.25) is 0 Å². The summed E-state index contributed by atoms with van der Waals surface area (Å²) in [5.74, 6) is 0. The van der Waals surface area contributed by atoms with Crippen molar-refractivity contribution in [2.24, 2.45) is 0 Å². The Bertz CT molecular complexity index is 616. The number of hydrogen-bond donors (Lipinski definition) is 1. The minimum atomic E-state index is -0.546. The summed E-state index contributed by atoms with van der Waals surface area (Å²) < 4.78 is 6.62. The van der Waals surface area contributed by atoms with E-state index in [1.165, 1.54) is 10.6 Å². The highest BCUT2D eigenvalue weighted by Crippen LogP contribution is 2.14. The third kappa shape index (κ3) is 2.38. The van der Waals surface area contributed by atoms with Crippen LogP contribution in [0.4, 0.5) is 4.79 Å². The van der Waals surface area contributed by atoms with E-state index in [0.717, 1.165) is 0 Å². The van der Waals surface area contributed by atoms with E-state index in [4.69, 9.17) is 4.74 Å². The molecule has 1 N–H and O–H groups in total. The molecule has 17 heavy (non-hydrogen) atoms. The molecule has 0 unspecified atom stereocenters. The van der Waals surface area contributed by atoms with Gasteiger partial charge in [-0.15, -0.1) is 0 Å². The second-order valence-electron chi connectivity index (χ2n) is 4.79. The van der Waals surface area contributed by atoms with Gasteiger partial charge < -0.3 is 9.72 Å². The maximum absolute atomic E-state index is 11.9. The van der Waals surface area contributed by atoms with Gasteiger partial charge in [-0.3, -0.25) is 9.36 Å². The second-order valence-corrected chi connectivity index (χ2v) is 4.79. The summed E-state index contributed by atoms with van der Waals surface area (Å²) in [6.07, 6.45) is 1.12. The summed E-state index contributed by atoms with van der Waals surface area (Å²) in [6, 6.07) is 4.64. The van der Waals surface area contributed by atoms with E-state index in [2.05, 4.69) is 4.98 Å². The summed E-state index contributed by atoms with van der Waals surface area (Å²) in [4.78, 5) is 25.6. The van der Waals surface area contributed by atoms with E-state index in [-0.39, 0.29) is 5.56 Å². The van der Waals surface area contributed by atoms with Crippen LogP contribution in [0.5, 0.6) is 0 Å². The Morgan fingerprint density at radius 3 is 2.65 bits per heavy atom. The number of aromatic nitrogens is 2. The Labute approximate surface area is 98.0 Å². The van der Waals surface area contributed by atoms with Crippen LogP contribution in [0.25, 0.3) is 11.0 Å². The quantitative estimate of drug-likeness (QED) is 0.759. The normalized spacial score (nSPS) is 11.7. The predicted molar refractivity (Wildman–Crippen MR) is 64.2 cm³/mol. The molecule has 5 nitrogen and oxygen atoms in total. The minimum Gasteiger partial charge on any atom is -0.443 e. The molecule has 0 aliphatic heterocycles. The first-order valence-corrected chi connectivity index (χ1v) is 5.30. The molecule has 0 aromatic carbocycles. The van der Waals surface area contributed by atoms with Gasteiger partial charge in [0.15, 0.2) is 0 Å². The van der Waals surface area contributed by atoms with E-state index < -0.39 is 11.7 Å². The van der Waals surface area contributed by atoms with Crippen LogP contribution < -0.4 is 5.56 Å². The molecule has 2 aromatic heterocycles. The Hall–Kier alpha value is -2.04. The fourth-order valence-electron chi connectivity index (χ4n) is 1.52. The van der Waals surface area contributed by atoms with Gasteiger partial charge >= 0.3 is 6.09 Å². The summed E-state index contributed by atoms with van der Waals surface area (Å²) in [6.45, 7) is 5.41. The molecule has 0 radical (unpaired) electrons. The molecule has 0 amide bonds. The molecule has 0 aliphatic carbocycles. The van der Waals surface area contributed by atoms with Crippen LogP contribution >= 0.6 is 0 Å². The molecule has 0 fully saturated rings. The van der Waals surface area contributed by atoms with Gasteiger partial charge in [0.1, 0.15) is 5.60 Å². The van der Waals surface area contributed by atoms with Crippen molar-refractivity contribution in [3.63, 3.8) is 0 Å². The fourth-order valence-corrected chi connectivity index (χ4v) is 1.52. The van der Waals surface area contributed by atoms with Gasteiger partial charge in [-0.05, 0) is 32.9 Å². The average molecular weight is 234 g/mol. The molecule has 5 heteroatoms. The van der Waals surface area contributed by atoms with Crippen LogP contribution in [-0.2, 0) is 4.74 Å². The Morgan fingerprint density at radius 2 is 2.00 bits per heavy atom. The van der Waals surface area contributed by atoms with Crippen molar-refractivity contribution in [3.05, 3.63) is 34.7 Å². The Balaban J connectivity index is 2.43. The third-order valence-electron chi connectivity index (χ3n) is 2.17. The Kier molecular flexibility index (Phi) is 2.53. The number of hydrogen-bond acceptors (Lipinski definition) is 3. The first-order valence-electron chi connectivity index (χ1n) is 5.30. The first-order chi connectivity index (χ1) is 7.87. The predicted octanol–water partition coefficient (Wildman–Crippen LogP) is 2.11. The number of fused-ring (bicyclic) bond motifs is 1. The maximum atomic E-state index is 11.9. The van der Waals surface area contributed by atoms with Gasteiger partial charge in [0, 0.05) is 12.3 Å². The van der Waals surface area contributed by atoms with Crippen LogP contribution in [0, 0.1) is 0 Å². The monoisotopic (exact) mass is 234 g/mol. The van der Waals surface area contributed by atoms with Gasteiger partial charge in [0.25, 0.3) is 0 Å². The average Bonchev–Trinajstić information content (AvgIpc) is 2.57. The number of aromatic amines is 1. The third-order valence-corrected chi connectivity index (χ3v) is 2.17. The van der Waals surface area contributed by atoms with Crippen molar-refractivity contribution in [3.8, 4) is 0 Å². The number of carbonyl (C=O) groups is 1. The lowest BCUT2D eigenvalue weighted by molar-refractivity contribution is 0.0544. The number of nitrogens with zero attached hydrogens (tertiary/aromatic N) is 1. The second kappa shape index (κ2) is 3.76. The molecule has 0 atom stereocenters. The van der Waals surface area contributed by atoms with Gasteiger partial charge in [0.05, 0.1) is 11.0 Å². The molecule has 0 spiro atoms. The number of pyridine rings is 1. The van der Waals surface area contributed by atoms with Gasteiger partial charge in [-0.1, -0.05) is 0 Å². The lowest BCUT2D eigenvalue weighted by Crippen LogP contribution is -2.26. The molecule has 0 saturated carbocycles. The van der Waals surface area contributed by atoms with Gasteiger partial charge in [-0.25, -0.2) is 4.79 Å². The zero-order valence-electron chi connectivity index (χ0n) is 9.98. The SMILES string of the molecule is CC(C)(C)OC(=O)n1ccc2[nH]c(=O)ccc21. The highest BCUT2D eigenvalue weighted by atomic mass is 16.6. The number of ether oxygens (including phenoxy) is 1. The van der Waals surface area contributed by atoms with Crippen LogP contribution in [0.15, 0.2) is 29.2 Å². The molecule has 0 bridgehead atoms. The molecule has 90 valence electrons. The number of rotatable bonds is 0. The Morgan fingerprint density at radius 1 is 1.29 bits per heavy atom. The van der Waals surface area contributed by atoms with Crippen molar-refractivity contribution in [1.82, 2.24) is 9.55 Å². The number of carbonyl (C=O) groups excluding carboxylic acids is 1. The van der Waals surface area contributed by atoms with Crippen molar-refractivity contribution >= 4 is 17.1 Å².